The number of carbonyl (C=O) groups is 1. The molecule has 1 aromatic rings. The molecule has 1 amide bonds. The number of hydrogen-bond acceptors (Lipinski definition) is 4. The molecule has 112 valence electrons. The molecule has 0 saturated heterocycles. The second-order valence-electron chi connectivity index (χ2n) is 4.79. The predicted octanol–water partition coefficient (Wildman–Crippen LogP) is 1.32. The molecule has 0 aliphatic rings. The van der Waals surface area contributed by atoms with E-state index in [0.717, 1.165) is 12.1 Å². The molecule has 0 aliphatic carbocycles. The lowest BCUT2D eigenvalue weighted by molar-refractivity contribution is 0.0947. The summed E-state index contributed by atoms with van der Waals surface area (Å²) in [6, 6.07) is 2.25. The normalized spacial score (nSPS) is 11.0. The first-order valence-corrected chi connectivity index (χ1v) is 6.31. The molecule has 0 heterocycles. The minimum Gasteiger partial charge on any atom is -0.351 e. The van der Waals surface area contributed by atoms with Crippen LogP contribution in [0.3, 0.4) is 0 Å². The van der Waals surface area contributed by atoms with Crippen LogP contribution in [0.25, 0.3) is 0 Å². The van der Waals surface area contributed by atoms with E-state index in [-0.39, 0.29) is 5.56 Å². The van der Waals surface area contributed by atoms with Crippen molar-refractivity contribution in [2.24, 2.45) is 5.84 Å². The summed E-state index contributed by atoms with van der Waals surface area (Å²) >= 11 is 0. The molecule has 20 heavy (non-hydrogen) atoms. The maximum absolute atomic E-state index is 13.5. The highest BCUT2D eigenvalue weighted by molar-refractivity contribution is 5.94. The van der Waals surface area contributed by atoms with Gasteiger partial charge in [-0.1, -0.05) is 0 Å². The molecule has 0 bridgehead atoms. The first kappa shape index (κ1) is 16.3. The smallest absolute Gasteiger partial charge is 0.251 e. The monoisotopic (exact) mass is 286 g/mol. The van der Waals surface area contributed by atoms with Gasteiger partial charge >= 0.3 is 0 Å². The molecule has 0 unspecified atom stereocenters. The van der Waals surface area contributed by atoms with E-state index in [2.05, 4.69) is 5.32 Å². The van der Waals surface area contributed by atoms with E-state index in [1.165, 1.54) is 0 Å². The summed E-state index contributed by atoms with van der Waals surface area (Å²) in [6.07, 6.45) is 0. The first-order valence-electron chi connectivity index (χ1n) is 6.31. The Bertz CT molecular complexity index is 456. The minimum atomic E-state index is -0.906. The molecule has 7 heteroatoms. The Labute approximate surface area is 117 Å². The number of likely N-dealkylation sites (N-methyl/N-ethyl adjacent to an activating group) is 1. The number of anilines is 1. The van der Waals surface area contributed by atoms with Gasteiger partial charge in [0.15, 0.2) is 11.6 Å². The maximum Gasteiger partial charge on any atom is 0.251 e. The lowest BCUT2D eigenvalue weighted by atomic mass is 10.1. The molecule has 0 spiro atoms. The SMILES string of the molecule is CC(C)N(C)CCNC(=O)c1cc(F)c(NN)c(F)c1. The summed E-state index contributed by atoms with van der Waals surface area (Å²) in [5, 5.41) is 2.61. The van der Waals surface area contributed by atoms with Crippen LogP contribution in [0, 0.1) is 11.6 Å². The van der Waals surface area contributed by atoms with E-state index in [1.807, 2.05) is 31.2 Å². The van der Waals surface area contributed by atoms with Crippen molar-refractivity contribution in [2.75, 3.05) is 25.6 Å². The van der Waals surface area contributed by atoms with Crippen LogP contribution in [-0.2, 0) is 0 Å². The van der Waals surface area contributed by atoms with E-state index >= 15 is 0 Å². The number of nitrogen functional groups attached to an aromatic ring is 1. The van der Waals surface area contributed by atoms with E-state index in [9.17, 15) is 13.6 Å². The van der Waals surface area contributed by atoms with E-state index in [0.29, 0.717) is 19.1 Å². The Morgan fingerprint density at radius 1 is 1.35 bits per heavy atom. The Hall–Kier alpha value is -1.73. The van der Waals surface area contributed by atoms with Crippen molar-refractivity contribution in [3.8, 4) is 0 Å². The zero-order valence-electron chi connectivity index (χ0n) is 11.8. The third-order valence-corrected chi connectivity index (χ3v) is 3.08. The van der Waals surface area contributed by atoms with Crippen LogP contribution in [0.15, 0.2) is 12.1 Å². The Kier molecular flexibility index (Phi) is 5.84. The summed E-state index contributed by atoms with van der Waals surface area (Å²) in [5.74, 6) is 2.65. The fourth-order valence-corrected chi connectivity index (χ4v) is 1.55. The number of hydrogen-bond donors (Lipinski definition) is 3. The lowest BCUT2D eigenvalue weighted by Gasteiger charge is -2.20. The van der Waals surface area contributed by atoms with Crippen LogP contribution in [0.4, 0.5) is 14.5 Å². The van der Waals surface area contributed by atoms with Crippen molar-refractivity contribution in [3.05, 3.63) is 29.3 Å². The van der Waals surface area contributed by atoms with Crippen LogP contribution in [-0.4, -0.2) is 37.0 Å². The van der Waals surface area contributed by atoms with E-state index in [4.69, 9.17) is 5.84 Å². The van der Waals surface area contributed by atoms with Crippen molar-refractivity contribution in [2.45, 2.75) is 19.9 Å². The van der Waals surface area contributed by atoms with Gasteiger partial charge < -0.3 is 15.6 Å². The molecule has 0 radical (unpaired) electrons. The second kappa shape index (κ2) is 7.16. The highest BCUT2D eigenvalue weighted by atomic mass is 19.1. The van der Waals surface area contributed by atoms with Crippen LogP contribution in [0.5, 0.6) is 0 Å². The van der Waals surface area contributed by atoms with Gasteiger partial charge in [-0.25, -0.2) is 8.78 Å². The molecule has 0 aliphatic heterocycles. The molecule has 0 atom stereocenters. The molecular formula is C13H20F2N4O. The topological polar surface area (TPSA) is 70.4 Å². The van der Waals surface area contributed by atoms with Crippen molar-refractivity contribution in [1.29, 1.82) is 0 Å². The molecule has 4 N–H and O–H groups in total. The average molecular weight is 286 g/mol. The fourth-order valence-electron chi connectivity index (χ4n) is 1.55. The minimum absolute atomic E-state index is 0.0776. The number of nitrogens with one attached hydrogen (secondary N) is 2. The zero-order valence-corrected chi connectivity index (χ0v) is 11.8. The fraction of sp³-hybridized carbons (Fsp3) is 0.462. The van der Waals surface area contributed by atoms with Gasteiger partial charge in [0.05, 0.1) is 0 Å². The van der Waals surface area contributed by atoms with Gasteiger partial charge in [-0.3, -0.25) is 10.6 Å². The zero-order chi connectivity index (χ0) is 15.3. The third-order valence-electron chi connectivity index (χ3n) is 3.08. The summed E-state index contributed by atoms with van der Waals surface area (Å²) in [7, 11) is 1.93. The molecule has 0 aromatic heterocycles. The standard InChI is InChI=1S/C13H20F2N4O/c1-8(2)19(3)5-4-17-13(20)9-6-10(14)12(18-16)11(15)7-9/h6-8,18H,4-5,16H2,1-3H3,(H,17,20). The number of amides is 1. The second-order valence-corrected chi connectivity index (χ2v) is 4.79. The Morgan fingerprint density at radius 3 is 2.35 bits per heavy atom. The van der Waals surface area contributed by atoms with Crippen molar-refractivity contribution >= 4 is 11.6 Å². The van der Waals surface area contributed by atoms with E-state index < -0.39 is 23.2 Å². The van der Waals surface area contributed by atoms with Gasteiger partial charge in [0.2, 0.25) is 0 Å². The average Bonchev–Trinajstić information content (AvgIpc) is 2.37. The van der Waals surface area contributed by atoms with Gasteiger partial charge in [0.25, 0.3) is 5.91 Å². The molecule has 1 aromatic carbocycles. The van der Waals surface area contributed by atoms with Crippen molar-refractivity contribution in [3.63, 3.8) is 0 Å². The molecular weight excluding hydrogens is 266 g/mol. The molecule has 0 saturated carbocycles. The quantitative estimate of drug-likeness (QED) is 0.545. The Morgan fingerprint density at radius 2 is 1.90 bits per heavy atom. The van der Waals surface area contributed by atoms with Crippen LogP contribution in [0.2, 0.25) is 0 Å². The number of hydrazine groups is 1. The Balaban J connectivity index is 2.65. The summed E-state index contributed by atoms with van der Waals surface area (Å²) < 4.78 is 26.9. The van der Waals surface area contributed by atoms with Gasteiger partial charge in [-0.2, -0.15) is 0 Å². The maximum atomic E-state index is 13.5. The summed E-state index contributed by atoms with van der Waals surface area (Å²) in [6.45, 7) is 5.11. The van der Waals surface area contributed by atoms with Crippen LogP contribution in [0.1, 0.15) is 24.2 Å². The van der Waals surface area contributed by atoms with Gasteiger partial charge in [0, 0.05) is 24.7 Å². The van der Waals surface area contributed by atoms with Gasteiger partial charge in [-0.15, -0.1) is 0 Å². The van der Waals surface area contributed by atoms with Gasteiger partial charge in [-0.05, 0) is 33.0 Å². The number of nitrogens with two attached hydrogens (primary N) is 1. The number of carbonyl (C=O) groups excluding carboxylic acids is 1. The highest BCUT2D eigenvalue weighted by Gasteiger charge is 2.14. The van der Waals surface area contributed by atoms with Gasteiger partial charge in [0.1, 0.15) is 5.69 Å². The molecule has 5 nitrogen and oxygen atoms in total. The lowest BCUT2D eigenvalue weighted by Crippen LogP contribution is -2.36. The number of rotatable bonds is 6. The van der Waals surface area contributed by atoms with E-state index in [1.54, 1.807) is 0 Å². The predicted molar refractivity (Wildman–Crippen MR) is 74.3 cm³/mol. The largest absolute Gasteiger partial charge is 0.351 e. The summed E-state index contributed by atoms with van der Waals surface area (Å²) in [4.78, 5) is 13.8. The number of halogens is 2. The number of nitrogens with zero attached hydrogens (tertiary/aromatic N) is 1. The first-order chi connectivity index (χ1) is 9.36. The molecule has 0 fully saturated rings. The molecule has 1 rings (SSSR count). The highest BCUT2D eigenvalue weighted by Crippen LogP contribution is 2.19. The number of benzene rings is 1. The summed E-state index contributed by atoms with van der Waals surface area (Å²) in [5.41, 5.74) is 1.38. The van der Waals surface area contributed by atoms with Crippen molar-refractivity contribution < 1.29 is 13.6 Å². The third kappa shape index (κ3) is 4.14. The van der Waals surface area contributed by atoms with Crippen molar-refractivity contribution in [1.82, 2.24) is 10.2 Å². The van der Waals surface area contributed by atoms with Crippen LogP contribution < -0.4 is 16.6 Å². The van der Waals surface area contributed by atoms with Crippen LogP contribution >= 0.6 is 0 Å².